The molecule has 22 heavy (non-hydrogen) atoms. The fourth-order valence-corrected chi connectivity index (χ4v) is 4.58. The normalized spacial score (nSPS) is 28.1. The van der Waals surface area contributed by atoms with Crippen LogP contribution in [0.1, 0.15) is 50.4 Å². The summed E-state index contributed by atoms with van der Waals surface area (Å²) < 4.78 is 1.83. The lowest BCUT2D eigenvalue weighted by Gasteiger charge is -2.28. The van der Waals surface area contributed by atoms with Crippen molar-refractivity contribution in [2.75, 3.05) is 0 Å². The molecule has 2 aliphatic carbocycles. The molecule has 1 aromatic rings. The Hall–Kier alpha value is -1.03. The lowest BCUT2D eigenvalue weighted by molar-refractivity contribution is -0.122. The summed E-state index contributed by atoms with van der Waals surface area (Å²) in [4.78, 5) is 12.2. The van der Waals surface area contributed by atoms with E-state index in [0.717, 1.165) is 23.2 Å². The first kappa shape index (κ1) is 15.9. The van der Waals surface area contributed by atoms with E-state index in [1.54, 1.807) is 0 Å². The lowest BCUT2D eigenvalue weighted by Crippen LogP contribution is -2.40. The summed E-state index contributed by atoms with van der Waals surface area (Å²) in [5.74, 6) is 2.58. The predicted octanol–water partition coefficient (Wildman–Crippen LogP) is 3.48. The average Bonchev–Trinajstić information content (AvgIpc) is 3.17. The second-order valence-corrected chi connectivity index (χ2v) is 7.53. The molecule has 0 aromatic carbocycles. The summed E-state index contributed by atoms with van der Waals surface area (Å²) in [5.41, 5.74) is 1.77. The Bertz CT molecular complexity index is 568. The SMILES string of the molecule is Cc1nn(CCC(=O)N[C@H](C)[C@@H]2C[C@@H]3CC[C@@H]2C3)c(C)c1Cl. The lowest BCUT2D eigenvalue weighted by atomic mass is 9.84. The second kappa shape index (κ2) is 6.23. The van der Waals surface area contributed by atoms with E-state index < -0.39 is 0 Å². The summed E-state index contributed by atoms with van der Waals surface area (Å²) in [5, 5.41) is 8.28. The van der Waals surface area contributed by atoms with Crippen LogP contribution in [0.4, 0.5) is 0 Å². The van der Waals surface area contributed by atoms with Gasteiger partial charge in [-0.2, -0.15) is 5.10 Å². The summed E-state index contributed by atoms with van der Waals surface area (Å²) in [6.45, 7) is 6.60. The first-order chi connectivity index (χ1) is 10.5. The average molecular weight is 324 g/mol. The smallest absolute Gasteiger partial charge is 0.222 e. The fraction of sp³-hybridized carbons (Fsp3) is 0.765. The number of hydrogen-bond donors (Lipinski definition) is 1. The molecule has 2 saturated carbocycles. The second-order valence-electron chi connectivity index (χ2n) is 7.15. The first-order valence-electron chi connectivity index (χ1n) is 8.44. The molecule has 0 aliphatic heterocycles. The van der Waals surface area contributed by atoms with Gasteiger partial charge in [0.2, 0.25) is 5.91 Å². The van der Waals surface area contributed by atoms with E-state index in [0.29, 0.717) is 29.9 Å². The van der Waals surface area contributed by atoms with Crippen LogP contribution in [0.25, 0.3) is 0 Å². The number of hydrogen-bond acceptors (Lipinski definition) is 2. The molecule has 122 valence electrons. The molecular formula is C17H26ClN3O. The van der Waals surface area contributed by atoms with Gasteiger partial charge in [0.05, 0.1) is 23.0 Å². The van der Waals surface area contributed by atoms with Crippen LogP contribution in [0.3, 0.4) is 0 Å². The number of halogens is 1. The topological polar surface area (TPSA) is 46.9 Å². The molecule has 1 N–H and O–H groups in total. The van der Waals surface area contributed by atoms with E-state index in [-0.39, 0.29) is 5.91 Å². The number of amides is 1. The Kier molecular flexibility index (Phi) is 4.49. The highest BCUT2D eigenvalue weighted by atomic mass is 35.5. The molecule has 2 aliphatic rings. The molecule has 4 nitrogen and oxygen atoms in total. The molecule has 1 heterocycles. The van der Waals surface area contributed by atoms with Gasteiger partial charge in [0, 0.05) is 12.5 Å². The van der Waals surface area contributed by atoms with Crippen LogP contribution in [0.5, 0.6) is 0 Å². The van der Waals surface area contributed by atoms with Gasteiger partial charge in [0.25, 0.3) is 0 Å². The van der Waals surface area contributed by atoms with E-state index in [4.69, 9.17) is 11.6 Å². The zero-order valence-corrected chi connectivity index (χ0v) is 14.5. The van der Waals surface area contributed by atoms with Gasteiger partial charge in [-0.05, 0) is 57.8 Å². The van der Waals surface area contributed by atoms with Crippen LogP contribution in [0.2, 0.25) is 5.02 Å². The van der Waals surface area contributed by atoms with Crippen LogP contribution < -0.4 is 5.32 Å². The van der Waals surface area contributed by atoms with Gasteiger partial charge in [-0.1, -0.05) is 18.0 Å². The molecule has 4 atom stereocenters. The number of fused-ring (bicyclic) bond motifs is 2. The van der Waals surface area contributed by atoms with Crippen molar-refractivity contribution in [3.8, 4) is 0 Å². The Morgan fingerprint density at radius 3 is 2.73 bits per heavy atom. The van der Waals surface area contributed by atoms with E-state index >= 15 is 0 Å². The maximum atomic E-state index is 12.2. The maximum absolute atomic E-state index is 12.2. The van der Waals surface area contributed by atoms with Crippen LogP contribution in [0, 0.1) is 31.6 Å². The monoisotopic (exact) mass is 323 g/mol. The van der Waals surface area contributed by atoms with Gasteiger partial charge in [0.1, 0.15) is 0 Å². The van der Waals surface area contributed by atoms with Crippen molar-refractivity contribution >= 4 is 17.5 Å². The highest BCUT2D eigenvalue weighted by Crippen LogP contribution is 2.49. The molecular weight excluding hydrogens is 298 g/mol. The minimum Gasteiger partial charge on any atom is -0.353 e. The number of rotatable bonds is 5. The van der Waals surface area contributed by atoms with Crippen LogP contribution in [-0.4, -0.2) is 21.7 Å². The van der Waals surface area contributed by atoms with Crippen LogP contribution in [0.15, 0.2) is 0 Å². The Labute approximate surface area is 137 Å². The number of carbonyl (C=O) groups excluding carboxylic acids is 1. The fourth-order valence-electron chi connectivity index (χ4n) is 4.44. The summed E-state index contributed by atoms with van der Waals surface area (Å²) in [6.07, 6.45) is 5.91. The third-order valence-electron chi connectivity index (χ3n) is 5.67. The zero-order valence-electron chi connectivity index (χ0n) is 13.7. The van der Waals surface area contributed by atoms with Gasteiger partial charge >= 0.3 is 0 Å². The minimum absolute atomic E-state index is 0.124. The number of nitrogens with zero attached hydrogens (tertiary/aromatic N) is 2. The maximum Gasteiger partial charge on any atom is 0.222 e. The molecule has 2 bridgehead atoms. The molecule has 0 saturated heterocycles. The number of aryl methyl sites for hydroxylation is 2. The van der Waals surface area contributed by atoms with Crippen LogP contribution >= 0.6 is 11.6 Å². The predicted molar refractivity (Wildman–Crippen MR) is 87.9 cm³/mol. The minimum atomic E-state index is 0.124. The van der Waals surface area contributed by atoms with Gasteiger partial charge in [-0.15, -0.1) is 0 Å². The van der Waals surface area contributed by atoms with Gasteiger partial charge in [-0.3, -0.25) is 9.48 Å². The molecule has 0 radical (unpaired) electrons. The molecule has 0 spiro atoms. The number of carbonyl (C=O) groups is 1. The van der Waals surface area contributed by atoms with Crippen molar-refractivity contribution in [2.24, 2.45) is 17.8 Å². The van der Waals surface area contributed by atoms with Crippen molar-refractivity contribution in [2.45, 2.75) is 65.5 Å². The Balaban J connectivity index is 1.49. The molecule has 5 heteroatoms. The zero-order chi connectivity index (χ0) is 15.9. The standard InChI is InChI=1S/C17H26ClN3O/c1-10(15-9-13-4-5-14(15)8-13)19-16(22)6-7-21-12(3)17(18)11(2)20-21/h10,13-15H,4-9H2,1-3H3,(H,19,22)/t10-,13-,14-,15+/m1/s1. The molecule has 2 fully saturated rings. The first-order valence-corrected chi connectivity index (χ1v) is 8.82. The summed E-state index contributed by atoms with van der Waals surface area (Å²) in [6, 6.07) is 0.298. The van der Waals surface area contributed by atoms with Gasteiger partial charge in [-0.25, -0.2) is 0 Å². The van der Waals surface area contributed by atoms with Crippen molar-refractivity contribution in [1.82, 2.24) is 15.1 Å². The van der Waals surface area contributed by atoms with E-state index in [9.17, 15) is 4.79 Å². The molecule has 0 unspecified atom stereocenters. The Morgan fingerprint density at radius 1 is 1.41 bits per heavy atom. The summed E-state index contributed by atoms with van der Waals surface area (Å²) >= 11 is 6.14. The molecule has 1 aromatic heterocycles. The van der Waals surface area contributed by atoms with Crippen LogP contribution in [-0.2, 0) is 11.3 Å². The quantitative estimate of drug-likeness (QED) is 0.901. The number of nitrogens with one attached hydrogen (secondary N) is 1. The summed E-state index contributed by atoms with van der Waals surface area (Å²) in [7, 11) is 0. The Morgan fingerprint density at radius 2 is 2.18 bits per heavy atom. The van der Waals surface area contributed by atoms with Crippen molar-refractivity contribution in [3.05, 3.63) is 16.4 Å². The van der Waals surface area contributed by atoms with Gasteiger partial charge in [0.15, 0.2) is 0 Å². The van der Waals surface area contributed by atoms with E-state index in [1.165, 1.54) is 25.7 Å². The highest BCUT2D eigenvalue weighted by molar-refractivity contribution is 6.31. The largest absolute Gasteiger partial charge is 0.353 e. The van der Waals surface area contributed by atoms with Crippen molar-refractivity contribution in [1.29, 1.82) is 0 Å². The van der Waals surface area contributed by atoms with Gasteiger partial charge < -0.3 is 5.32 Å². The molecule has 3 rings (SSSR count). The van der Waals surface area contributed by atoms with Crippen molar-refractivity contribution in [3.63, 3.8) is 0 Å². The van der Waals surface area contributed by atoms with E-state index in [1.807, 2.05) is 18.5 Å². The number of aromatic nitrogens is 2. The van der Waals surface area contributed by atoms with E-state index in [2.05, 4.69) is 17.3 Å². The van der Waals surface area contributed by atoms with Crippen molar-refractivity contribution < 1.29 is 4.79 Å². The molecule has 1 amide bonds. The third-order valence-corrected chi connectivity index (χ3v) is 6.21. The third kappa shape index (κ3) is 3.03. The highest BCUT2D eigenvalue weighted by Gasteiger charge is 2.42.